The summed E-state index contributed by atoms with van der Waals surface area (Å²) in [6, 6.07) is 36.6. The van der Waals surface area contributed by atoms with Crippen LogP contribution in [0.25, 0.3) is 43.2 Å². The molecule has 2 heterocycles. The van der Waals surface area contributed by atoms with E-state index in [1.807, 2.05) is 78.9 Å². The highest BCUT2D eigenvalue weighted by atomic mass is 32.1. The summed E-state index contributed by atoms with van der Waals surface area (Å²) >= 11 is 1.44. The number of halogens is 2. The second-order valence-electron chi connectivity index (χ2n) is 17.7. The molecule has 0 aliphatic carbocycles. The molecule has 0 bridgehead atoms. The number of nitrogens with zero attached hydrogens (tertiary/aromatic N) is 4. The lowest BCUT2D eigenvalue weighted by Gasteiger charge is -2.40. The van der Waals surface area contributed by atoms with Gasteiger partial charge in [0.1, 0.15) is 11.6 Å². The van der Waals surface area contributed by atoms with Gasteiger partial charge in [0, 0.05) is 36.1 Å². The number of aromatic nitrogens is 1. The molecule has 8 rings (SSSR count). The normalized spacial score (nSPS) is 13.1. The van der Waals surface area contributed by atoms with Crippen molar-refractivity contribution in [1.29, 1.82) is 5.26 Å². The van der Waals surface area contributed by atoms with E-state index in [9.17, 15) is 10.1 Å². The van der Waals surface area contributed by atoms with Crippen LogP contribution in [0.2, 0.25) is 0 Å². The Morgan fingerprint density at radius 3 is 2.38 bits per heavy atom. The van der Waals surface area contributed by atoms with Gasteiger partial charge in [-0.05, 0) is 133 Å². The van der Waals surface area contributed by atoms with Crippen LogP contribution < -0.4 is 14.5 Å². The van der Waals surface area contributed by atoms with E-state index in [4.69, 9.17) is 29.0 Å². The number of unbranched alkanes of at least 4 members (excludes halogenated alkanes) is 5. The molecule has 0 atom stereocenters. The van der Waals surface area contributed by atoms with E-state index in [1.165, 1.54) is 35.2 Å². The maximum atomic E-state index is 17.0. The molecular weight excluding hydrogens is 891 g/mol. The fourth-order valence-corrected chi connectivity index (χ4v) is 9.31. The fourth-order valence-electron chi connectivity index (χ4n) is 8.36. The lowest BCUT2D eigenvalue weighted by Crippen LogP contribution is -2.45. The van der Waals surface area contributed by atoms with Crippen LogP contribution in [0.4, 0.5) is 13.9 Å². The van der Waals surface area contributed by atoms with Gasteiger partial charge in [-0.1, -0.05) is 98.7 Å². The quantitative estimate of drug-likeness (QED) is 0.0194. The van der Waals surface area contributed by atoms with E-state index in [2.05, 4.69) is 19.9 Å². The summed E-state index contributed by atoms with van der Waals surface area (Å²) in [5.74, 6) is -1.78. The van der Waals surface area contributed by atoms with Crippen LogP contribution >= 0.6 is 11.3 Å². The molecular formula is C57H58F2N4O5S. The lowest BCUT2D eigenvalue weighted by atomic mass is 9.84. The number of para-hydroxylation sites is 1. The number of anilines is 1. The molecule has 69 heavy (non-hydrogen) atoms. The maximum Gasteiger partial charge on any atom is 0.343 e. The topological polar surface area (TPSA) is 106 Å². The van der Waals surface area contributed by atoms with Crippen molar-refractivity contribution in [1.82, 2.24) is 4.98 Å². The van der Waals surface area contributed by atoms with Crippen molar-refractivity contribution in [2.75, 3.05) is 44.6 Å². The summed E-state index contributed by atoms with van der Waals surface area (Å²) < 4.78 is 57.4. The summed E-state index contributed by atoms with van der Waals surface area (Å²) in [6.07, 6.45) is 10.1. The Morgan fingerprint density at radius 2 is 1.62 bits per heavy atom. The minimum Gasteiger partial charge on any atom is -0.494 e. The van der Waals surface area contributed by atoms with E-state index < -0.39 is 17.6 Å². The van der Waals surface area contributed by atoms with Crippen molar-refractivity contribution in [2.24, 2.45) is 10.5 Å². The highest BCUT2D eigenvalue weighted by molar-refractivity contribution is 7.22. The van der Waals surface area contributed by atoms with Crippen molar-refractivity contribution in [3.05, 3.63) is 144 Å². The van der Waals surface area contributed by atoms with Crippen molar-refractivity contribution in [3.8, 4) is 39.8 Å². The first-order valence-corrected chi connectivity index (χ1v) is 24.9. The molecule has 12 heteroatoms. The van der Waals surface area contributed by atoms with Gasteiger partial charge < -0.3 is 18.9 Å². The zero-order valence-electron chi connectivity index (χ0n) is 39.4. The molecule has 7 aromatic rings. The number of hydrogen-bond acceptors (Lipinski definition) is 10. The third kappa shape index (κ3) is 12.4. The summed E-state index contributed by atoms with van der Waals surface area (Å²) in [6.45, 7) is 8.45. The number of carbonyl (C=O) groups is 1. The van der Waals surface area contributed by atoms with Gasteiger partial charge in [-0.25, -0.2) is 23.6 Å². The third-order valence-electron chi connectivity index (χ3n) is 12.6. The largest absolute Gasteiger partial charge is 0.494 e. The number of thiazole rings is 1. The zero-order valence-corrected chi connectivity index (χ0v) is 40.2. The number of aryl methyl sites for hydroxylation is 1. The predicted octanol–water partition coefficient (Wildman–Crippen LogP) is 14.2. The number of hydrogen-bond donors (Lipinski definition) is 0. The second-order valence-corrected chi connectivity index (χ2v) is 18.7. The van der Waals surface area contributed by atoms with Crippen LogP contribution in [0, 0.1) is 28.4 Å². The number of nitriles is 1. The Labute approximate surface area is 407 Å². The van der Waals surface area contributed by atoms with Crippen LogP contribution in [-0.4, -0.2) is 56.7 Å². The van der Waals surface area contributed by atoms with E-state index in [0.29, 0.717) is 43.1 Å². The zero-order chi connectivity index (χ0) is 48.0. The molecule has 1 aliphatic heterocycles. The Hall–Kier alpha value is -6.52. The molecule has 0 amide bonds. The third-order valence-corrected chi connectivity index (χ3v) is 13.7. The second kappa shape index (κ2) is 23.7. The van der Waals surface area contributed by atoms with E-state index >= 15 is 8.78 Å². The molecule has 0 saturated carbocycles. The Balaban J connectivity index is 0.988. The Morgan fingerprint density at radius 1 is 0.855 bits per heavy atom. The molecule has 1 fully saturated rings. The number of fused-ring (bicyclic) bond motifs is 2. The van der Waals surface area contributed by atoms with Gasteiger partial charge in [0.05, 0.1) is 54.5 Å². The van der Waals surface area contributed by atoms with Crippen LogP contribution in [0.5, 0.6) is 11.5 Å². The molecule has 0 radical (unpaired) electrons. The summed E-state index contributed by atoms with van der Waals surface area (Å²) in [4.78, 5) is 18.5. The standard InChI is InChI=1S/C57H58F2N4O5S/c1-3-14-40-17-19-41(20-18-40)44-24-26-48(50(58)35-44)47-27-28-52(54(59)49(47)36-61-63(30-11-7-10-29-60)56-62-51-15-8-9-16-53(51)69-56)68-55(64)45-22-21-43-34-46(25-23-42(43)33-45)67-32-13-6-5-12-31-65-37-57(4-2)38-66-39-57/h8-9,15-28,33-36H,3-7,10-14,30-32,37-39H2,1-2H3/b61-36+. The average molecular weight is 949 g/mol. The molecule has 1 aliphatic rings. The highest BCUT2D eigenvalue weighted by Crippen LogP contribution is 2.36. The maximum absolute atomic E-state index is 17.0. The first-order valence-electron chi connectivity index (χ1n) is 24.1. The van der Waals surface area contributed by atoms with E-state index in [-0.39, 0.29) is 33.4 Å². The molecule has 6 aromatic carbocycles. The van der Waals surface area contributed by atoms with Crippen LogP contribution in [-0.2, 0) is 15.9 Å². The molecule has 0 unspecified atom stereocenters. The molecule has 0 N–H and O–H groups in total. The van der Waals surface area contributed by atoms with Gasteiger partial charge >= 0.3 is 5.97 Å². The number of esters is 1. The Bertz CT molecular complexity index is 2890. The summed E-state index contributed by atoms with van der Waals surface area (Å²) in [5.41, 5.74) is 4.30. The van der Waals surface area contributed by atoms with Crippen molar-refractivity contribution >= 4 is 49.6 Å². The number of hydrazone groups is 1. The molecule has 9 nitrogen and oxygen atoms in total. The monoisotopic (exact) mass is 948 g/mol. The van der Waals surface area contributed by atoms with E-state index in [0.717, 1.165) is 104 Å². The van der Waals surface area contributed by atoms with Gasteiger partial charge in [0.25, 0.3) is 0 Å². The SMILES string of the molecule is CCCc1ccc(-c2ccc(-c3ccc(OC(=O)c4ccc5cc(OCCCCCCOCC6(CC)COC6)ccc5c4)c(F)c3/C=N/N(CCCCC#N)c3nc4ccccc4s3)c(F)c2)cc1. The van der Waals surface area contributed by atoms with E-state index in [1.54, 1.807) is 29.3 Å². The number of ether oxygens (including phenoxy) is 4. The smallest absolute Gasteiger partial charge is 0.343 e. The number of benzene rings is 6. The van der Waals surface area contributed by atoms with Crippen LogP contribution in [0.1, 0.15) is 93.1 Å². The first-order chi connectivity index (χ1) is 33.8. The average Bonchev–Trinajstić information content (AvgIpc) is 3.79. The molecule has 356 valence electrons. The Kier molecular flexibility index (Phi) is 16.8. The van der Waals surface area contributed by atoms with Crippen molar-refractivity contribution in [3.63, 3.8) is 0 Å². The minimum atomic E-state index is -0.881. The predicted molar refractivity (Wildman–Crippen MR) is 272 cm³/mol. The first kappa shape index (κ1) is 48.9. The molecule has 0 spiro atoms. The van der Waals surface area contributed by atoms with Gasteiger partial charge in [-0.2, -0.15) is 10.4 Å². The van der Waals surface area contributed by atoms with Crippen LogP contribution in [0.3, 0.4) is 0 Å². The van der Waals surface area contributed by atoms with Gasteiger partial charge in [-0.3, -0.25) is 0 Å². The van der Waals surface area contributed by atoms with Gasteiger partial charge in [-0.15, -0.1) is 0 Å². The summed E-state index contributed by atoms with van der Waals surface area (Å²) in [5, 5.41) is 17.9. The number of carbonyl (C=O) groups excluding carboxylic acids is 1. The lowest BCUT2D eigenvalue weighted by molar-refractivity contribution is -0.150. The van der Waals surface area contributed by atoms with Gasteiger partial charge in [0.15, 0.2) is 11.6 Å². The molecule has 1 saturated heterocycles. The van der Waals surface area contributed by atoms with Crippen LogP contribution in [0.15, 0.2) is 120 Å². The molecule has 1 aromatic heterocycles. The van der Waals surface area contributed by atoms with Gasteiger partial charge in [0.2, 0.25) is 5.13 Å². The number of rotatable bonds is 24. The highest BCUT2D eigenvalue weighted by Gasteiger charge is 2.36. The summed E-state index contributed by atoms with van der Waals surface area (Å²) in [7, 11) is 0. The minimum absolute atomic E-state index is 0.0703. The van der Waals surface area contributed by atoms with Crippen molar-refractivity contribution < 1.29 is 32.5 Å². The fraction of sp³-hybridized carbons (Fsp3) is 0.333. The van der Waals surface area contributed by atoms with Crippen molar-refractivity contribution in [2.45, 2.75) is 78.1 Å².